The Morgan fingerprint density at radius 1 is 1.27 bits per heavy atom. The van der Waals surface area contributed by atoms with Crippen LogP contribution < -0.4 is 5.32 Å². The predicted molar refractivity (Wildman–Crippen MR) is 95.0 cm³/mol. The lowest BCUT2D eigenvalue weighted by atomic mass is 10.2. The molecular weight excluding hydrogens is 360 g/mol. The van der Waals surface area contributed by atoms with Crippen LogP contribution in [0.15, 0.2) is 42.7 Å². The SMILES string of the molecule is Cc1nn(CC(=O)Nc2ccn(Cc3ccccc3Cl)n2)cc1[N+](=O)[O-]. The Hall–Kier alpha value is -3.20. The lowest BCUT2D eigenvalue weighted by Crippen LogP contribution is -2.19. The Bertz CT molecular complexity index is 965. The van der Waals surface area contributed by atoms with E-state index in [0.29, 0.717) is 17.4 Å². The van der Waals surface area contributed by atoms with Gasteiger partial charge in [0.25, 0.3) is 0 Å². The van der Waals surface area contributed by atoms with Gasteiger partial charge in [-0.05, 0) is 18.6 Å². The summed E-state index contributed by atoms with van der Waals surface area (Å²) in [6.07, 6.45) is 2.95. The first-order chi connectivity index (χ1) is 12.4. The van der Waals surface area contributed by atoms with Gasteiger partial charge in [0.1, 0.15) is 18.4 Å². The Morgan fingerprint density at radius 2 is 2.04 bits per heavy atom. The monoisotopic (exact) mass is 374 g/mol. The maximum Gasteiger partial charge on any atom is 0.309 e. The van der Waals surface area contributed by atoms with Gasteiger partial charge in [0, 0.05) is 17.3 Å². The molecule has 0 radical (unpaired) electrons. The third kappa shape index (κ3) is 4.06. The molecule has 3 aromatic rings. The second-order valence-corrected chi connectivity index (χ2v) is 6.00. The number of carbonyl (C=O) groups excluding carboxylic acids is 1. The summed E-state index contributed by atoms with van der Waals surface area (Å²) in [6.45, 7) is 1.84. The van der Waals surface area contributed by atoms with Crippen LogP contribution in [-0.4, -0.2) is 30.4 Å². The minimum Gasteiger partial charge on any atom is -0.308 e. The largest absolute Gasteiger partial charge is 0.309 e. The molecular formula is C16H15ClN6O3. The average Bonchev–Trinajstić information content (AvgIpc) is 3.16. The van der Waals surface area contributed by atoms with Crippen LogP contribution >= 0.6 is 11.6 Å². The Labute approximate surface area is 153 Å². The van der Waals surface area contributed by atoms with Crippen molar-refractivity contribution in [3.63, 3.8) is 0 Å². The van der Waals surface area contributed by atoms with E-state index in [-0.39, 0.29) is 23.8 Å². The first-order valence-corrected chi connectivity index (χ1v) is 8.05. The van der Waals surface area contributed by atoms with Crippen molar-refractivity contribution in [2.75, 3.05) is 5.32 Å². The van der Waals surface area contributed by atoms with Crippen molar-refractivity contribution in [1.82, 2.24) is 19.6 Å². The van der Waals surface area contributed by atoms with Crippen molar-refractivity contribution in [3.05, 3.63) is 69.1 Å². The number of rotatable bonds is 6. The van der Waals surface area contributed by atoms with Crippen LogP contribution in [0, 0.1) is 17.0 Å². The van der Waals surface area contributed by atoms with E-state index in [1.54, 1.807) is 23.0 Å². The summed E-state index contributed by atoms with van der Waals surface area (Å²) in [5, 5.41) is 22.3. The van der Waals surface area contributed by atoms with Crippen molar-refractivity contribution >= 4 is 29.0 Å². The molecule has 2 heterocycles. The van der Waals surface area contributed by atoms with Gasteiger partial charge in [-0.3, -0.25) is 24.3 Å². The summed E-state index contributed by atoms with van der Waals surface area (Å²) < 4.78 is 2.88. The molecule has 0 unspecified atom stereocenters. The molecule has 0 aliphatic rings. The molecule has 26 heavy (non-hydrogen) atoms. The molecule has 3 rings (SSSR count). The number of carbonyl (C=O) groups is 1. The number of benzene rings is 1. The fraction of sp³-hybridized carbons (Fsp3) is 0.188. The highest BCUT2D eigenvalue weighted by Gasteiger charge is 2.17. The second-order valence-electron chi connectivity index (χ2n) is 5.59. The number of nitrogens with zero attached hydrogens (tertiary/aromatic N) is 5. The lowest BCUT2D eigenvalue weighted by Gasteiger charge is -2.04. The van der Waals surface area contributed by atoms with Crippen LogP contribution in [0.5, 0.6) is 0 Å². The zero-order chi connectivity index (χ0) is 18.7. The third-order valence-electron chi connectivity index (χ3n) is 3.62. The highest BCUT2D eigenvalue weighted by Crippen LogP contribution is 2.17. The molecule has 1 N–H and O–H groups in total. The van der Waals surface area contributed by atoms with Gasteiger partial charge in [0.15, 0.2) is 5.82 Å². The summed E-state index contributed by atoms with van der Waals surface area (Å²) in [5.41, 5.74) is 1.04. The van der Waals surface area contributed by atoms with Crippen molar-refractivity contribution in [3.8, 4) is 0 Å². The van der Waals surface area contributed by atoms with Gasteiger partial charge in [-0.1, -0.05) is 29.8 Å². The number of aromatic nitrogens is 4. The van der Waals surface area contributed by atoms with Crippen molar-refractivity contribution < 1.29 is 9.72 Å². The van der Waals surface area contributed by atoms with E-state index in [1.165, 1.54) is 17.8 Å². The van der Waals surface area contributed by atoms with Gasteiger partial charge in [-0.25, -0.2) is 0 Å². The van der Waals surface area contributed by atoms with E-state index < -0.39 is 4.92 Å². The Kier molecular flexibility index (Phi) is 4.99. The quantitative estimate of drug-likeness (QED) is 0.527. The van der Waals surface area contributed by atoms with Crippen LogP contribution in [0.3, 0.4) is 0 Å². The molecule has 0 spiro atoms. The normalized spacial score (nSPS) is 10.7. The van der Waals surface area contributed by atoms with Crippen LogP contribution in [-0.2, 0) is 17.9 Å². The molecule has 0 atom stereocenters. The zero-order valence-corrected chi connectivity index (χ0v) is 14.6. The molecule has 0 saturated carbocycles. The third-order valence-corrected chi connectivity index (χ3v) is 3.99. The van der Waals surface area contributed by atoms with E-state index >= 15 is 0 Å². The molecule has 0 aliphatic heterocycles. The topological polar surface area (TPSA) is 108 Å². The molecule has 0 bridgehead atoms. The smallest absolute Gasteiger partial charge is 0.308 e. The molecule has 2 aromatic heterocycles. The fourth-order valence-corrected chi connectivity index (χ4v) is 2.61. The number of aryl methyl sites for hydroxylation is 1. The summed E-state index contributed by atoms with van der Waals surface area (Å²) in [4.78, 5) is 22.4. The number of hydrogen-bond donors (Lipinski definition) is 1. The van der Waals surface area contributed by atoms with Crippen LogP contribution in [0.4, 0.5) is 11.5 Å². The summed E-state index contributed by atoms with van der Waals surface area (Å²) in [6, 6.07) is 9.09. The summed E-state index contributed by atoms with van der Waals surface area (Å²) in [7, 11) is 0. The van der Waals surface area contributed by atoms with E-state index in [2.05, 4.69) is 15.5 Å². The zero-order valence-electron chi connectivity index (χ0n) is 13.8. The lowest BCUT2D eigenvalue weighted by molar-refractivity contribution is -0.385. The maximum absolute atomic E-state index is 12.1. The van der Waals surface area contributed by atoms with Gasteiger partial charge in [-0.15, -0.1) is 0 Å². The van der Waals surface area contributed by atoms with Gasteiger partial charge in [0.05, 0.1) is 11.5 Å². The number of nitro groups is 1. The minimum atomic E-state index is -0.535. The summed E-state index contributed by atoms with van der Waals surface area (Å²) >= 11 is 6.12. The van der Waals surface area contributed by atoms with Gasteiger partial charge in [-0.2, -0.15) is 10.2 Å². The van der Waals surface area contributed by atoms with Gasteiger partial charge in [0.2, 0.25) is 5.91 Å². The van der Waals surface area contributed by atoms with Crippen molar-refractivity contribution in [1.29, 1.82) is 0 Å². The first-order valence-electron chi connectivity index (χ1n) is 7.67. The van der Waals surface area contributed by atoms with Crippen molar-refractivity contribution in [2.24, 2.45) is 0 Å². The highest BCUT2D eigenvalue weighted by atomic mass is 35.5. The number of hydrogen-bond acceptors (Lipinski definition) is 5. The average molecular weight is 375 g/mol. The standard InChI is InChI=1S/C16H15ClN6O3/c1-11-14(23(25)26)9-22(19-11)10-16(24)18-15-6-7-21(20-15)8-12-4-2-3-5-13(12)17/h2-7,9H,8,10H2,1H3,(H,18,20,24). The Morgan fingerprint density at radius 3 is 2.73 bits per heavy atom. The van der Waals surface area contributed by atoms with Crippen LogP contribution in [0.1, 0.15) is 11.3 Å². The molecule has 9 nitrogen and oxygen atoms in total. The van der Waals surface area contributed by atoms with Crippen molar-refractivity contribution in [2.45, 2.75) is 20.0 Å². The number of amides is 1. The second kappa shape index (κ2) is 7.36. The van der Waals surface area contributed by atoms with E-state index in [1.807, 2.05) is 18.2 Å². The van der Waals surface area contributed by atoms with Crippen LogP contribution in [0.2, 0.25) is 5.02 Å². The van der Waals surface area contributed by atoms with Crippen LogP contribution in [0.25, 0.3) is 0 Å². The molecule has 0 fully saturated rings. The molecule has 10 heteroatoms. The summed E-state index contributed by atoms with van der Waals surface area (Å²) in [5.74, 6) is -0.00850. The maximum atomic E-state index is 12.1. The van der Waals surface area contributed by atoms with E-state index in [0.717, 1.165) is 5.56 Å². The number of anilines is 1. The first kappa shape index (κ1) is 17.6. The molecule has 134 valence electrons. The van der Waals surface area contributed by atoms with E-state index in [4.69, 9.17) is 11.6 Å². The van der Waals surface area contributed by atoms with Gasteiger partial charge >= 0.3 is 5.69 Å². The number of nitrogens with one attached hydrogen (secondary N) is 1. The number of halogens is 1. The highest BCUT2D eigenvalue weighted by molar-refractivity contribution is 6.31. The fourth-order valence-electron chi connectivity index (χ4n) is 2.41. The molecule has 0 saturated heterocycles. The predicted octanol–water partition coefficient (Wildman–Crippen LogP) is 2.64. The molecule has 1 aromatic carbocycles. The molecule has 1 amide bonds. The van der Waals surface area contributed by atoms with Gasteiger partial charge < -0.3 is 5.32 Å². The Balaban J connectivity index is 1.62. The molecule has 0 aliphatic carbocycles. The minimum absolute atomic E-state index is 0.123. The van der Waals surface area contributed by atoms with E-state index in [9.17, 15) is 14.9 Å².